The number of halogens is 1. The van der Waals surface area contributed by atoms with Crippen LogP contribution in [0.25, 0.3) is 0 Å². The molecule has 0 bridgehead atoms. The summed E-state index contributed by atoms with van der Waals surface area (Å²) < 4.78 is 0. The van der Waals surface area contributed by atoms with E-state index < -0.39 is 11.6 Å². The number of hydrogen-bond donors (Lipinski definition) is 2. The predicted octanol–water partition coefficient (Wildman–Crippen LogP) is 2.33. The Morgan fingerprint density at radius 2 is 2.10 bits per heavy atom. The predicted molar refractivity (Wildman–Crippen MR) is 76.6 cm³/mol. The minimum Gasteiger partial charge on any atom is -0.332 e. The van der Waals surface area contributed by atoms with Gasteiger partial charge in [0.2, 0.25) is 0 Å². The molecule has 2 amide bonds. The molecule has 7 nitrogen and oxygen atoms in total. The Bertz CT molecular complexity index is 376. The number of rotatable bonds is 4. The van der Waals surface area contributed by atoms with Crippen LogP contribution in [0.15, 0.2) is 5.29 Å². The van der Waals surface area contributed by atoms with Crippen molar-refractivity contribution >= 4 is 17.6 Å². The van der Waals surface area contributed by atoms with Crippen molar-refractivity contribution in [2.45, 2.75) is 57.7 Å². The van der Waals surface area contributed by atoms with Crippen molar-refractivity contribution in [3.63, 3.8) is 0 Å². The van der Waals surface area contributed by atoms with E-state index in [1.807, 2.05) is 27.7 Å². The molecule has 1 atom stereocenters. The molecule has 0 aromatic carbocycles. The van der Waals surface area contributed by atoms with Gasteiger partial charge in [0.25, 0.3) is 0 Å². The third-order valence-electron chi connectivity index (χ3n) is 3.94. The Morgan fingerprint density at radius 1 is 1.50 bits per heavy atom. The number of nitrogens with zero attached hydrogens (tertiary/aromatic N) is 3. The fourth-order valence-electron chi connectivity index (χ4n) is 2.62. The minimum atomic E-state index is -0.646. The Balaban J connectivity index is 2.78. The van der Waals surface area contributed by atoms with Gasteiger partial charge in [0.1, 0.15) is 0 Å². The average molecular weight is 307 g/mol. The standard InChI is InChI=1S/C12H23ClN4O3/c1-11(2)6-5-9(12(3,4)17(11)20)14-10(18)16(15-19)8-7-13/h9,20H,5-8H2,1-4H3,(H,14,18). The summed E-state index contributed by atoms with van der Waals surface area (Å²) in [6, 6.07) is -0.876. The largest absolute Gasteiger partial charge is 0.340 e. The molecule has 0 aromatic rings. The maximum atomic E-state index is 12.0. The van der Waals surface area contributed by atoms with E-state index in [0.29, 0.717) is 6.42 Å². The van der Waals surface area contributed by atoms with Gasteiger partial charge in [0.05, 0.1) is 23.4 Å². The van der Waals surface area contributed by atoms with Gasteiger partial charge in [0.15, 0.2) is 0 Å². The third kappa shape index (κ3) is 3.39. The Labute approximate surface area is 124 Å². The molecule has 0 aromatic heterocycles. The summed E-state index contributed by atoms with van der Waals surface area (Å²) in [6.45, 7) is 7.63. The van der Waals surface area contributed by atoms with E-state index >= 15 is 0 Å². The van der Waals surface area contributed by atoms with Crippen LogP contribution in [-0.4, -0.2) is 50.9 Å². The lowest BCUT2D eigenvalue weighted by Crippen LogP contribution is -2.67. The molecule has 1 aliphatic rings. The topological polar surface area (TPSA) is 85.2 Å². The summed E-state index contributed by atoms with van der Waals surface area (Å²) in [5.74, 6) is 0.131. The number of carbonyl (C=O) groups is 1. The van der Waals surface area contributed by atoms with Crippen LogP contribution >= 0.6 is 11.6 Å². The molecular weight excluding hydrogens is 284 g/mol. The number of hydroxylamine groups is 2. The maximum absolute atomic E-state index is 12.0. The van der Waals surface area contributed by atoms with Gasteiger partial charge in [0, 0.05) is 11.4 Å². The quantitative estimate of drug-likeness (QED) is 0.474. The van der Waals surface area contributed by atoms with E-state index in [-0.39, 0.29) is 24.0 Å². The van der Waals surface area contributed by atoms with Crippen LogP contribution in [0.1, 0.15) is 40.5 Å². The fourth-order valence-corrected chi connectivity index (χ4v) is 2.78. The van der Waals surface area contributed by atoms with Gasteiger partial charge < -0.3 is 10.5 Å². The SMILES string of the molecule is CC1(C)CCC(NC(=O)N(CCCl)N=O)C(C)(C)N1O. The average Bonchev–Trinajstić information content (AvgIpc) is 2.37. The van der Waals surface area contributed by atoms with E-state index in [9.17, 15) is 14.9 Å². The number of alkyl halides is 1. The Hall–Kier alpha value is -0.920. The zero-order valence-corrected chi connectivity index (χ0v) is 13.1. The van der Waals surface area contributed by atoms with Crippen molar-refractivity contribution < 1.29 is 10.0 Å². The van der Waals surface area contributed by atoms with Crippen LogP contribution in [-0.2, 0) is 0 Å². The zero-order valence-electron chi connectivity index (χ0n) is 12.4. The van der Waals surface area contributed by atoms with Gasteiger partial charge >= 0.3 is 6.03 Å². The molecule has 1 fully saturated rings. The molecule has 1 unspecified atom stereocenters. The second-order valence-corrected chi connectivity index (χ2v) is 6.59. The number of carbonyl (C=O) groups excluding carboxylic acids is 1. The van der Waals surface area contributed by atoms with Gasteiger partial charge in [-0.1, -0.05) is 0 Å². The molecule has 8 heteroatoms. The zero-order chi connectivity index (χ0) is 15.6. The van der Waals surface area contributed by atoms with Gasteiger partial charge in [-0.2, -0.15) is 10.1 Å². The van der Waals surface area contributed by atoms with Gasteiger partial charge in [-0.15, -0.1) is 16.5 Å². The van der Waals surface area contributed by atoms with E-state index in [2.05, 4.69) is 10.6 Å². The highest BCUT2D eigenvalue weighted by Gasteiger charge is 2.47. The molecule has 0 radical (unpaired) electrons. The Kier molecular flexibility index (Phi) is 5.34. The van der Waals surface area contributed by atoms with Crippen LogP contribution < -0.4 is 5.32 Å². The van der Waals surface area contributed by atoms with Crippen LogP contribution in [0.5, 0.6) is 0 Å². The summed E-state index contributed by atoms with van der Waals surface area (Å²) in [4.78, 5) is 22.6. The lowest BCUT2D eigenvalue weighted by atomic mass is 9.78. The molecule has 0 saturated carbocycles. The van der Waals surface area contributed by atoms with Crippen molar-refractivity contribution in [3.8, 4) is 0 Å². The highest BCUT2D eigenvalue weighted by molar-refractivity contribution is 6.18. The monoisotopic (exact) mass is 306 g/mol. The highest BCUT2D eigenvalue weighted by Crippen LogP contribution is 2.36. The molecule has 2 N–H and O–H groups in total. The smallest absolute Gasteiger partial charge is 0.332 e. The van der Waals surface area contributed by atoms with Crippen LogP contribution in [0.2, 0.25) is 0 Å². The minimum absolute atomic E-state index is 0.0539. The van der Waals surface area contributed by atoms with Crippen molar-refractivity contribution in [2.75, 3.05) is 12.4 Å². The lowest BCUT2D eigenvalue weighted by molar-refractivity contribution is -0.249. The number of piperidine rings is 1. The summed E-state index contributed by atoms with van der Waals surface area (Å²) >= 11 is 5.51. The first kappa shape index (κ1) is 17.1. The van der Waals surface area contributed by atoms with E-state index in [1.54, 1.807) is 0 Å². The molecule has 0 aliphatic carbocycles. The summed E-state index contributed by atoms with van der Waals surface area (Å²) in [5, 5.41) is 17.7. The first-order valence-electron chi connectivity index (χ1n) is 6.63. The summed E-state index contributed by atoms with van der Waals surface area (Å²) in [6.07, 6.45) is 1.43. The number of hydrogen-bond acceptors (Lipinski definition) is 5. The lowest BCUT2D eigenvalue weighted by Gasteiger charge is -2.52. The van der Waals surface area contributed by atoms with Crippen molar-refractivity contribution in [2.24, 2.45) is 5.29 Å². The second kappa shape index (κ2) is 6.24. The van der Waals surface area contributed by atoms with E-state index in [4.69, 9.17) is 11.6 Å². The van der Waals surface area contributed by atoms with E-state index in [0.717, 1.165) is 11.4 Å². The number of nitroso groups, excluding NO2 is 1. The summed E-state index contributed by atoms with van der Waals surface area (Å²) in [7, 11) is 0. The molecule has 20 heavy (non-hydrogen) atoms. The fraction of sp³-hybridized carbons (Fsp3) is 0.917. The molecule has 1 heterocycles. The first-order chi connectivity index (χ1) is 9.16. The Morgan fingerprint density at radius 3 is 2.60 bits per heavy atom. The van der Waals surface area contributed by atoms with Gasteiger partial charge in [-0.05, 0) is 40.5 Å². The van der Waals surface area contributed by atoms with E-state index in [1.165, 1.54) is 5.06 Å². The van der Waals surface area contributed by atoms with Crippen molar-refractivity contribution in [1.29, 1.82) is 0 Å². The third-order valence-corrected chi connectivity index (χ3v) is 4.11. The van der Waals surface area contributed by atoms with Crippen LogP contribution in [0.4, 0.5) is 4.79 Å². The molecule has 1 aliphatic heterocycles. The molecular formula is C12H23ClN4O3. The first-order valence-corrected chi connectivity index (χ1v) is 7.16. The maximum Gasteiger partial charge on any atom is 0.340 e. The van der Waals surface area contributed by atoms with Gasteiger partial charge in [-0.25, -0.2) is 4.79 Å². The summed E-state index contributed by atoms with van der Waals surface area (Å²) in [5.41, 5.74) is -1.00. The normalized spacial score (nSPS) is 25.0. The van der Waals surface area contributed by atoms with Gasteiger partial charge in [-0.3, -0.25) is 0 Å². The van der Waals surface area contributed by atoms with Crippen molar-refractivity contribution in [1.82, 2.24) is 15.4 Å². The highest BCUT2D eigenvalue weighted by atomic mass is 35.5. The number of urea groups is 1. The molecule has 1 rings (SSSR count). The second-order valence-electron chi connectivity index (χ2n) is 6.21. The molecule has 116 valence electrons. The number of nitrogens with one attached hydrogen (secondary N) is 1. The molecule has 1 saturated heterocycles. The van der Waals surface area contributed by atoms with Crippen LogP contribution in [0, 0.1) is 4.91 Å². The molecule has 0 spiro atoms. The van der Waals surface area contributed by atoms with Crippen LogP contribution in [0.3, 0.4) is 0 Å². The number of amides is 2. The van der Waals surface area contributed by atoms with Crippen molar-refractivity contribution in [3.05, 3.63) is 4.91 Å².